The van der Waals surface area contributed by atoms with Crippen molar-refractivity contribution in [3.05, 3.63) is 30.1 Å². The minimum atomic E-state index is -0.314. The maximum Gasteiger partial charge on any atom is 0.230 e. The van der Waals surface area contributed by atoms with Crippen LogP contribution in [0.4, 0.5) is 4.39 Å². The fourth-order valence-electron chi connectivity index (χ4n) is 3.66. The largest absolute Gasteiger partial charge is 0.352 e. The summed E-state index contributed by atoms with van der Waals surface area (Å²) in [4.78, 5) is 12.5. The van der Waals surface area contributed by atoms with Crippen LogP contribution in [0.2, 0.25) is 0 Å². The molecule has 4 rings (SSSR count). The van der Waals surface area contributed by atoms with Crippen molar-refractivity contribution in [2.45, 2.75) is 57.3 Å². The second-order valence-corrected chi connectivity index (χ2v) is 9.29. The van der Waals surface area contributed by atoms with Gasteiger partial charge in [-0.2, -0.15) is 0 Å². The molecule has 0 spiro atoms. The van der Waals surface area contributed by atoms with Gasteiger partial charge in [0.15, 0.2) is 11.0 Å². The van der Waals surface area contributed by atoms with Crippen LogP contribution < -0.4 is 5.32 Å². The number of amides is 1. The fraction of sp³-hybridized carbons (Fsp3) is 0.571. The minimum Gasteiger partial charge on any atom is -0.352 e. The average Bonchev–Trinajstić information content (AvgIpc) is 3.57. The van der Waals surface area contributed by atoms with Gasteiger partial charge in [-0.1, -0.05) is 37.7 Å². The summed E-state index contributed by atoms with van der Waals surface area (Å²) in [7, 11) is 0. The van der Waals surface area contributed by atoms with Crippen LogP contribution in [0, 0.1) is 23.6 Å². The Morgan fingerprint density at radius 3 is 2.50 bits per heavy atom. The van der Waals surface area contributed by atoms with Gasteiger partial charge in [0.05, 0.1) is 11.3 Å². The SMILES string of the molecule is CC(C)Cn1c(SCC(=O)NC(C2CC2)C2CC2)nnc1-c1ccccc1F. The zero-order valence-electron chi connectivity index (χ0n) is 16.4. The topological polar surface area (TPSA) is 59.8 Å². The highest BCUT2D eigenvalue weighted by molar-refractivity contribution is 7.99. The van der Waals surface area contributed by atoms with E-state index in [1.165, 1.54) is 43.5 Å². The highest BCUT2D eigenvalue weighted by Crippen LogP contribution is 2.44. The Morgan fingerprint density at radius 2 is 1.89 bits per heavy atom. The molecule has 1 N–H and O–H groups in total. The molecule has 1 heterocycles. The molecular formula is C21H27FN4OS. The minimum absolute atomic E-state index is 0.0559. The van der Waals surface area contributed by atoms with Crippen molar-refractivity contribution < 1.29 is 9.18 Å². The molecule has 2 fully saturated rings. The summed E-state index contributed by atoms with van der Waals surface area (Å²) in [5.41, 5.74) is 0.439. The van der Waals surface area contributed by atoms with E-state index in [0.29, 0.717) is 52.6 Å². The molecule has 2 aliphatic rings. The first-order valence-corrected chi connectivity index (χ1v) is 11.1. The Morgan fingerprint density at radius 1 is 1.21 bits per heavy atom. The molecule has 0 radical (unpaired) electrons. The van der Waals surface area contributed by atoms with Crippen molar-refractivity contribution in [3.8, 4) is 11.4 Å². The van der Waals surface area contributed by atoms with Gasteiger partial charge in [0.1, 0.15) is 5.82 Å². The predicted octanol–water partition coefficient (Wildman–Crippen LogP) is 4.14. The van der Waals surface area contributed by atoms with Crippen LogP contribution in [0.1, 0.15) is 39.5 Å². The highest BCUT2D eigenvalue weighted by Gasteiger charge is 2.42. The summed E-state index contributed by atoms with van der Waals surface area (Å²) < 4.78 is 16.2. The number of carbonyl (C=O) groups excluding carboxylic acids is 1. The quantitative estimate of drug-likeness (QED) is 0.641. The molecule has 0 saturated heterocycles. The molecule has 2 aromatic rings. The number of aromatic nitrogens is 3. The van der Waals surface area contributed by atoms with E-state index in [9.17, 15) is 9.18 Å². The third-order valence-electron chi connectivity index (χ3n) is 5.30. The number of nitrogens with one attached hydrogen (secondary N) is 1. The Labute approximate surface area is 169 Å². The number of halogens is 1. The van der Waals surface area contributed by atoms with Crippen molar-refractivity contribution in [1.29, 1.82) is 0 Å². The highest BCUT2D eigenvalue weighted by atomic mass is 32.2. The average molecular weight is 403 g/mol. The number of rotatable bonds is 9. The van der Waals surface area contributed by atoms with Crippen LogP contribution in [0.25, 0.3) is 11.4 Å². The number of thioether (sulfide) groups is 1. The number of hydrogen-bond donors (Lipinski definition) is 1. The maximum absolute atomic E-state index is 14.3. The molecule has 0 unspecified atom stereocenters. The van der Waals surface area contributed by atoms with Crippen LogP contribution in [0.15, 0.2) is 29.4 Å². The van der Waals surface area contributed by atoms with Gasteiger partial charge in [-0.15, -0.1) is 10.2 Å². The summed E-state index contributed by atoms with van der Waals surface area (Å²) in [6.45, 7) is 4.87. The molecule has 0 aliphatic heterocycles. The molecule has 2 aliphatic carbocycles. The third kappa shape index (κ3) is 4.57. The number of hydrogen-bond acceptors (Lipinski definition) is 4. The number of carbonyl (C=O) groups is 1. The van der Waals surface area contributed by atoms with Gasteiger partial charge >= 0.3 is 0 Å². The van der Waals surface area contributed by atoms with Crippen molar-refractivity contribution in [2.75, 3.05) is 5.75 Å². The first kappa shape index (κ1) is 19.4. The lowest BCUT2D eigenvalue weighted by Crippen LogP contribution is -2.39. The van der Waals surface area contributed by atoms with E-state index in [0.717, 1.165) is 0 Å². The third-order valence-corrected chi connectivity index (χ3v) is 6.27. The monoisotopic (exact) mass is 402 g/mol. The lowest BCUT2D eigenvalue weighted by atomic mass is 10.1. The van der Waals surface area contributed by atoms with Gasteiger partial charge in [-0.25, -0.2) is 4.39 Å². The summed E-state index contributed by atoms with van der Waals surface area (Å²) in [6.07, 6.45) is 4.96. The smallest absolute Gasteiger partial charge is 0.230 e. The zero-order chi connectivity index (χ0) is 19.7. The fourth-order valence-corrected chi connectivity index (χ4v) is 4.41. The van der Waals surface area contributed by atoms with Crippen molar-refractivity contribution in [2.24, 2.45) is 17.8 Å². The molecule has 0 atom stereocenters. The van der Waals surface area contributed by atoms with E-state index in [-0.39, 0.29) is 11.7 Å². The van der Waals surface area contributed by atoms with Crippen LogP contribution in [0.3, 0.4) is 0 Å². The Hall–Kier alpha value is -1.89. The molecule has 1 aromatic carbocycles. The Kier molecular flexibility index (Phi) is 5.71. The second kappa shape index (κ2) is 8.23. The molecule has 150 valence electrons. The number of nitrogens with zero attached hydrogens (tertiary/aromatic N) is 3. The van der Waals surface area contributed by atoms with Gasteiger partial charge in [0.2, 0.25) is 5.91 Å². The molecule has 28 heavy (non-hydrogen) atoms. The van der Waals surface area contributed by atoms with E-state index in [1.807, 2.05) is 4.57 Å². The lowest BCUT2D eigenvalue weighted by molar-refractivity contribution is -0.119. The van der Waals surface area contributed by atoms with E-state index >= 15 is 0 Å². The molecule has 7 heteroatoms. The van der Waals surface area contributed by atoms with Crippen LogP contribution >= 0.6 is 11.8 Å². The first-order valence-electron chi connectivity index (χ1n) is 10.1. The van der Waals surface area contributed by atoms with Gasteiger partial charge in [0, 0.05) is 12.6 Å². The molecule has 1 amide bonds. The summed E-state index contributed by atoms with van der Waals surface area (Å²) in [6, 6.07) is 6.96. The molecule has 1 aromatic heterocycles. The maximum atomic E-state index is 14.3. The summed E-state index contributed by atoms with van der Waals surface area (Å²) in [5.74, 6) is 2.28. The molecule has 2 saturated carbocycles. The van der Waals surface area contributed by atoms with E-state index in [1.54, 1.807) is 18.2 Å². The summed E-state index contributed by atoms with van der Waals surface area (Å²) in [5, 5.41) is 12.4. The van der Waals surface area contributed by atoms with Crippen LogP contribution in [0.5, 0.6) is 0 Å². The van der Waals surface area contributed by atoms with E-state index < -0.39 is 0 Å². The Balaban J connectivity index is 1.46. The number of benzene rings is 1. The zero-order valence-corrected chi connectivity index (χ0v) is 17.2. The Bertz CT molecular complexity index is 833. The molecular weight excluding hydrogens is 375 g/mol. The first-order chi connectivity index (χ1) is 13.5. The van der Waals surface area contributed by atoms with Crippen molar-refractivity contribution in [3.63, 3.8) is 0 Å². The standard InChI is InChI=1S/C21H27FN4OS/c1-13(2)11-26-20(16-5-3-4-6-17(16)22)24-25-21(26)28-12-18(27)23-19(14-7-8-14)15-9-10-15/h3-6,13-15,19H,7-12H2,1-2H3,(H,23,27). The van der Waals surface area contributed by atoms with E-state index in [2.05, 4.69) is 29.4 Å². The van der Waals surface area contributed by atoms with Gasteiger partial charge < -0.3 is 9.88 Å². The van der Waals surface area contributed by atoms with Crippen LogP contribution in [-0.2, 0) is 11.3 Å². The van der Waals surface area contributed by atoms with Gasteiger partial charge in [0.25, 0.3) is 0 Å². The van der Waals surface area contributed by atoms with Crippen LogP contribution in [-0.4, -0.2) is 32.5 Å². The van der Waals surface area contributed by atoms with Gasteiger partial charge in [-0.05, 0) is 55.6 Å². The van der Waals surface area contributed by atoms with E-state index in [4.69, 9.17) is 0 Å². The van der Waals surface area contributed by atoms with Gasteiger partial charge in [-0.3, -0.25) is 4.79 Å². The summed E-state index contributed by atoms with van der Waals surface area (Å²) >= 11 is 1.38. The lowest BCUT2D eigenvalue weighted by Gasteiger charge is -2.17. The molecule has 5 nitrogen and oxygen atoms in total. The second-order valence-electron chi connectivity index (χ2n) is 8.35. The molecule has 0 bridgehead atoms. The normalized spacial score (nSPS) is 16.8. The van der Waals surface area contributed by atoms with Crippen molar-refractivity contribution >= 4 is 17.7 Å². The predicted molar refractivity (Wildman–Crippen MR) is 108 cm³/mol. The van der Waals surface area contributed by atoms with Crippen molar-refractivity contribution in [1.82, 2.24) is 20.1 Å².